The van der Waals surface area contributed by atoms with Crippen LogP contribution in [0.2, 0.25) is 0 Å². The van der Waals surface area contributed by atoms with Crippen LogP contribution in [0.15, 0.2) is 6.07 Å². The fourth-order valence-corrected chi connectivity index (χ4v) is 1.72. The van der Waals surface area contributed by atoms with Crippen LogP contribution in [0.3, 0.4) is 0 Å². The van der Waals surface area contributed by atoms with E-state index < -0.39 is 4.92 Å². The van der Waals surface area contributed by atoms with Crippen LogP contribution in [0.4, 0.5) is 5.69 Å². The molecule has 0 atom stereocenters. The van der Waals surface area contributed by atoms with Gasteiger partial charge in [0.2, 0.25) is 16.2 Å². The second-order valence-electron chi connectivity index (χ2n) is 3.19. The highest BCUT2D eigenvalue weighted by Crippen LogP contribution is 2.44. The molecule has 1 rings (SSSR count). The molecule has 0 saturated heterocycles. The van der Waals surface area contributed by atoms with Gasteiger partial charge in [0.1, 0.15) is 5.56 Å². The number of nitrogens with zero attached hydrogens (tertiary/aromatic N) is 1. The molecule has 0 bridgehead atoms. The number of hydrogen-bond acceptors (Lipinski definition) is 6. The molecule has 0 unspecified atom stereocenters. The molecule has 0 N–H and O–H groups in total. The number of ether oxygens (including phenoxy) is 3. The van der Waals surface area contributed by atoms with Crippen LogP contribution >= 0.6 is 0 Å². The zero-order valence-corrected chi connectivity index (χ0v) is 11.2. The van der Waals surface area contributed by atoms with Crippen molar-refractivity contribution in [2.24, 2.45) is 0 Å². The van der Waals surface area contributed by atoms with E-state index in [2.05, 4.69) is 10.5 Å². The maximum Gasteiger partial charge on any atom is 0.282 e. The molecule has 7 nitrogen and oxygen atoms in total. The number of methoxy groups -OCH3 is 3. The Morgan fingerprint density at radius 2 is 1.83 bits per heavy atom. The molecule has 0 aliphatic heterocycles. The van der Waals surface area contributed by atoms with Gasteiger partial charge >= 0.3 is 0 Å². The number of hydrogen-bond donors (Lipinski definition) is 0. The lowest BCUT2D eigenvalue weighted by Gasteiger charge is -2.15. The van der Waals surface area contributed by atoms with E-state index in [0.29, 0.717) is 0 Å². The van der Waals surface area contributed by atoms with E-state index in [-0.39, 0.29) is 35.1 Å². The summed E-state index contributed by atoms with van der Waals surface area (Å²) in [6.07, 6.45) is 0. The molecular formula is C10H12NO6Si. The molecular weight excluding hydrogens is 258 g/mol. The Morgan fingerprint density at radius 1 is 1.22 bits per heavy atom. The van der Waals surface area contributed by atoms with Crippen LogP contribution in [-0.2, 0) is 11.0 Å². The highest BCUT2D eigenvalue weighted by molar-refractivity contribution is 5.98. The van der Waals surface area contributed by atoms with E-state index in [1.807, 2.05) is 0 Å². The van der Waals surface area contributed by atoms with E-state index in [1.165, 1.54) is 27.4 Å². The number of rotatable bonds is 6. The average Bonchev–Trinajstić information content (AvgIpc) is 2.37. The van der Waals surface area contributed by atoms with Gasteiger partial charge in [0.05, 0.1) is 38.9 Å². The van der Waals surface area contributed by atoms with Gasteiger partial charge in [0.15, 0.2) is 11.5 Å². The summed E-state index contributed by atoms with van der Waals surface area (Å²) in [5, 5.41) is 11.0. The van der Waals surface area contributed by atoms with E-state index in [4.69, 9.17) is 18.6 Å². The van der Waals surface area contributed by atoms with E-state index >= 15 is 0 Å². The standard InChI is InChI=1S/C10H12NO6Si/c1-14-8-4-7(11(12)13)6(5-17-18)9(15-2)10(8)16-3/h4H,5H2,1-3H3. The van der Waals surface area contributed by atoms with Gasteiger partial charge in [-0.1, -0.05) is 0 Å². The smallest absolute Gasteiger partial charge is 0.282 e. The topological polar surface area (TPSA) is 80.1 Å². The third kappa shape index (κ3) is 2.54. The quantitative estimate of drug-likeness (QED) is 0.439. The van der Waals surface area contributed by atoms with Crippen LogP contribution in [0.25, 0.3) is 0 Å². The molecule has 0 aromatic heterocycles. The zero-order chi connectivity index (χ0) is 13.7. The molecule has 0 heterocycles. The number of nitro groups is 1. The summed E-state index contributed by atoms with van der Waals surface area (Å²) in [6, 6.07) is 1.27. The maximum atomic E-state index is 11.0. The third-order valence-corrected chi connectivity index (χ3v) is 2.47. The van der Waals surface area contributed by atoms with E-state index in [9.17, 15) is 10.1 Å². The van der Waals surface area contributed by atoms with Gasteiger partial charge < -0.3 is 18.6 Å². The molecule has 1 aromatic rings. The predicted molar refractivity (Wildman–Crippen MR) is 63.3 cm³/mol. The lowest BCUT2D eigenvalue weighted by atomic mass is 10.1. The first-order valence-corrected chi connectivity index (χ1v) is 5.26. The Morgan fingerprint density at radius 3 is 2.22 bits per heavy atom. The van der Waals surface area contributed by atoms with Gasteiger partial charge in [-0.15, -0.1) is 0 Å². The zero-order valence-electron chi connectivity index (χ0n) is 10.2. The van der Waals surface area contributed by atoms with Gasteiger partial charge in [-0.2, -0.15) is 0 Å². The second kappa shape index (κ2) is 6.22. The predicted octanol–water partition coefficient (Wildman–Crippen LogP) is 1.22. The maximum absolute atomic E-state index is 11.0. The highest BCUT2D eigenvalue weighted by atomic mass is 28.2. The van der Waals surface area contributed by atoms with Crippen molar-refractivity contribution in [3.63, 3.8) is 0 Å². The SMILES string of the molecule is COc1cc([N+](=O)[O-])c(CO[Si])c(OC)c1OC. The second-order valence-corrected chi connectivity index (χ2v) is 3.48. The van der Waals surface area contributed by atoms with Crippen molar-refractivity contribution >= 4 is 16.2 Å². The fraction of sp³-hybridized carbons (Fsp3) is 0.400. The molecule has 3 radical (unpaired) electrons. The summed E-state index contributed by atoms with van der Waals surface area (Å²) in [5.41, 5.74) is 0.0953. The van der Waals surface area contributed by atoms with Crippen molar-refractivity contribution in [2.75, 3.05) is 21.3 Å². The van der Waals surface area contributed by atoms with Gasteiger partial charge in [-0.25, -0.2) is 0 Å². The molecule has 1 aromatic carbocycles. The van der Waals surface area contributed by atoms with Gasteiger partial charge in [-0.05, 0) is 0 Å². The first-order chi connectivity index (χ1) is 8.60. The summed E-state index contributed by atoms with van der Waals surface area (Å²) in [6.45, 7) is -0.0449. The summed E-state index contributed by atoms with van der Waals surface area (Å²) >= 11 is 0. The van der Waals surface area contributed by atoms with Crippen molar-refractivity contribution in [3.8, 4) is 17.2 Å². The van der Waals surface area contributed by atoms with Crippen molar-refractivity contribution in [1.29, 1.82) is 0 Å². The minimum atomic E-state index is -0.537. The van der Waals surface area contributed by atoms with E-state index in [0.717, 1.165) is 0 Å². The summed E-state index contributed by atoms with van der Waals surface area (Å²) in [5.74, 6) is 0.713. The lowest BCUT2D eigenvalue weighted by molar-refractivity contribution is -0.386. The third-order valence-electron chi connectivity index (χ3n) is 2.32. The Labute approximate surface area is 107 Å². The fourth-order valence-electron chi connectivity index (χ4n) is 1.58. The molecule has 8 heteroatoms. The molecule has 18 heavy (non-hydrogen) atoms. The van der Waals surface area contributed by atoms with Crippen molar-refractivity contribution < 1.29 is 23.6 Å². The first-order valence-electron chi connectivity index (χ1n) is 4.85. The molecule has 0 aliphatic rings. The van der Waals surface area contributed by atoms with Crippen LogP contribution < -0.4 is 14.2 Å². The van der Waals surface area contributed by atoms with Crippen molar-refractivity contribution in [1.82, 2.24) is 0 Å². The lowest BCUT2D eigenvalue weighted by Crippen LogP contribution is -2.04. The molecule has 97 valence electrons. The number of nitro benzene ring substituents is 1. The van der Waals surface area contributed by atoms with Crippen LogP contribution in [0, 0.1) is 10.1 Å². The van der Waals surface area contributed by atoms with Crippen molar-refractivity contribution in [3.05, 3.63) is 21.7 Å². The van der Waals surface area contributed by atoms with Crippen LogP contribution in [0.5, 0.6) is 17.2 Å². The Balaban J connectivity index is 3.57. The minimum absolute atomic E-state index is 0.0449. The normalized spacial score (nSPS) is 10.0. The molecule has 0 spiro atoms. The van der Waals surface area contributed by atoms with Crippen molar-refractivity contribution in [2.45, 2.75) is 6.61 Å². The summed E-state index contributed by atoms with van der Waals surface area (Å²) in [7, 11) is 7.01. The van der Waals surface area contributed by atoms with Crippen LogP contribution in [0.1, 0.15) is 5.56 Å². The Bertz CT molecular complexity index is 450. The first kappa shape index (κ1) is 14.3. The molecule has 0 amide bonds. The Kier molecular flexibility index (Phi) is 4.92. The number of benzene rings is 1. The van der Waals surface area contributed by atoms with Gasteiger partial charge in [-0.3, -0.25) is 10.1 Å². The molecule has 0 saturated carbocycles. The largest absolute Gasteiger partial charge is 0.492 e. The van der Waals surface area contributed by atoms with Crippen LogP contribution in [-0.4, -0.2) is 36.7 Å². The summed E-state index contributed by atoms with van der Waals surface area (Å²) < 4.78 is 20.1. The highest BCUT2D eigenvalue weighted by Gasteiger charge is 2.26. The average molecular weight is 270 g/mol. The Hall–Kier alpha value is -1.80. The van der Waals surface area contributed by atoms with Gasteiger partial charge in [0, 0.05) is 0 Å². The van der Waals surface area contributed by atoms with E-state index in [1.54, 1.807) is 0 Å². The van der Waals surface area contributed by atoms with Gasteiger partial charge in [0.25, 0.3) is 5.69 Å². The minimum Gasteiger partial charge on any atom is -0.492 e. The molecule has 0 fully saturated rings. The molecule has 0 aliphatic carbocycles. The monoisotopic (exact) mass is 270 g/mol. The summed E-state index contributed by atoms with van der Waals surface area (Å²) in [4.78, 5) is 10.5.